The lowest BCUT2D eigenvalue weighted by Crippen LogP contribution is -2.21. The van der Waals surface area contributed by atoms with Crippen LogP contribution >= 0.6 is 0 Å². The van der Waals surface area contributed by atoms with Gasteiger partial charge in [-0.2, -0.15) is 10.5 Å². The molecule has 0 fully saturated rings. The van der Waals surface area contributed by atoms with E-state index in [1.807, 2.05) is 6.07 Å². The zero-order chi connectivity index (χ0) is 20.9. The summed E-state index contributed by atoms with van der Waals surface area (Å²) in [7, 11) is 0. The molecule has 0 atom stereocenters. The number of hydrogen-bond acceptors (Lipinski definition) is 6. The van der Waals surface area contributed by atoms with E-state index >= 15 is 0 Å². The molecule has 2 N–H and O–H groups in total. The summed E-state index contributed by atoms with van der Waals surface area (Å²) >= 11 is 0. The lowest BCUT2D eigenvalue weighted by atomic mass is 9.94. The summed E-state index contributed by atoms with van der Waals surface area (Å²) in [6.45, 7) is 2.88. The Bertz CT molecular complexity index is 985. The molecule has 2 rings (SSSR count). The van der Waals surface area contributed by atoms with Gasteiger partial charge < -0.3 is 19.7 Å². The summed E-state index contributed by atoms with van der Waals surface area (Å²) in [4.78, 5) is 21.8. The van der Waals surface area contributed by atoms with Crippen LogP contribution in [0.2, 0.25) is 0 Å². The van der Waals surface area contributed by atoms with Gasteiger partial charge in [0.05, 0.1) is 0 Å². The van der Waals surface area contributed by atoms with Gasteiger partial charge in [0.15, 0.2) is 17.9 Å². The highest BCUT2D eigenvalue weighted by Crippen LogP contribution is 2.40. The largest absolute Gasteiger partial charge is 0.482 e. The van der Waals surface area contributed by atoms with Gasteiger partial charge in [-0.3, -0.25) is 0 Å². The summed E-state index contributed by atoms with van der Waals surface area (Å²) in [5.41, 5.74) is -0.474. The maximum atomic E-state index is 11.2. The number of carboxylic acids is 2. The van der Waals surface area contributed by atoms with Gasteiger partial charge >= 0.3 is 11.9 Å². The maximum absolute atomic E-state index is 11.2. The highest BCUT2D eigenvalue weighted by atomic mass is 16.5. The van der Waals surface area contributed by atoms with E-state index in [2.05, 4.69) is 0 Å². The molecule has 8 nitrogen and oxygen atoms in total. The second kappa shape index (κ2) is 8.11. The van der Waals surface area contributed by atoms with Gasteiger partial charge in [0, 0.05) is 5.57 Å². The molecule has 28 heavy (non-hydrogen) atoms. The van der Waals surface area contributed by atoms with Gasteiger partial charge in [-0.05, 0) is 31.5 Å². The minimum Gasteiger partial charge on any atom is -0.482 e. The van der Waals surface area contributed by atoms with Crippen molar-refractivity contribution in [3.63, 3.8) is 0 Å². The van der Waals surface area contributed by atoms with Crippen molar-refractivity contribution in [3.05, 3.63) is 58.4 Å². The number of aliphatic carboxylic acids is 2. The molecule has 0 aromatic heterocycles. The summed E-state index contributed by atoms with van der Waals surface area (Å²) in [6, 6.07) is 10.1. The number of allylic oxidation sites excluding steroid dienone is 1. The van der Waals surface area contributed by atoms with Crippen molar-refractivity contribution in [2.75, 3.05) is 6.61 Å². The van der Waals surface area contributed by atoms with Crippen molar-refractivity contribution < 1.29 is 29.3 Å². The van der Waals surface area contributed by atoms with Crippen molar-refractivity contribution >= 4 is 18.0 Å². The zero-order valence-electron chi connectivity index (χ0n) is 15.1. The first-order valence-electron chi connectivity index (χ1n) is 8.04. The molecule has 1 heterocycles. The molecule has 1 aromatic rings. The van der Waals surface area contributed by atoms with Crippen LogP contribution in [-0.4, -0.2) is 34.4 Å². The molecule has 8 heteroatoms. The monoisotopic (exact) mass is 380 g/mol. The number of rotatable bonds is 6. The molecule has 1 aromatic carbocycles. The zero-order valence-corrected chi connectivity index (χ0v) is 15.1. The number of nitriles is 2. The molecule has 0 aliphatic carbocycles. The van der Waals surface area contributed by atoms with Crippen LogP contribution in [0.3, 0.4) is 0 Å². The Morgan fingerprint density at radius 1 is 1.18 bits per heavy atom. The van der Waals surface area contributed by atoms with Gasteiger partial charge in [-0.15, -0.1) is 0 Å². The van der Waals surface area contributed by atoms with Gasteiger partial charge in [0.25, 0.3) is 0 Å². The number of hydrogen-bond donors (Lipinski definition) is 2. The van der Waals surface area contributed by atoms with E-state index < -0.39 is 29.7 Å². The van der Waals surface area contributed by atoms with E-state index in [0.29, 0.717) is 11.3 Å². The predicted octanol–water partition coefficient (Wildman–Crippen LogP) is 2.65. The minimum atomic E-state index is -1.47. The molecule has 142 valence electrons. The summed E-state index contributed by atoms with van der Waals surface area (Å²) in [5.74, 6) is -2.40. The molecule has 1 aliphatic heterocycles. The highest BCUT2D eigenvalue weighted by molar-refractivity contribution is 5.93. The van der Waals surface area contributed by atoms with Crippen molar-refractivity contribution in [1.82, 2.24) is 0 Å². The van der Waals surface area contributed by atoms with Crippen LogP contribution in [-0.2, 0) is 14.3 Å². The lowest BCUT2D eigenvalue weighted by molar-refractivity contribution is -0.139. The smallest absolute Gasteiger partial charge is 0.350 e. The average Bonchev–Trinajstić information content (AvgIpc) is 2.88. The van der Waals surface area contributed by atoms with Crippen molar-refractivity contribution in [3.8, 4) is 17.9 Å². The maximum Gasteiger partial charge on any atom is 0.350 e. The SMILES string of the molecule is CC1(C)O/C(=C(\C#N)C(=O)O)C(C#N)=C1/C=C/c1ccc(OCC(=O)O)cc1. The molecule has 1 aliphatic rings. The Labute approximate surface area is 160 Å². The number of carboxylic acid groups (broad SMARTS) is 2. The van der Waals surface area contributed by atoms with Crippen LogP contribution in [0, 0.1) is 22.7 Å². The van der Waals surface area contributed by atoms with Crippen molar-refractivity contribution in [2.45, 2.75) is 19.4 Å². The van der Waals surface area contributed by atoms with Crippen LogP contribution in [0.15, 0.2) is 52.8 Å². The average molecular weight is 380 g/mol. The molecular formula is C20H16N2O6. The number of benzene rings is 1. The van der Waals surface area contributed by atoms with E-state index in [4.69, 9.17) is 24.9 Å². The fraction of sp³-hybridized carbons (Fsp3) is 0.200. The topological polar surface area (TPSA) is 141 Å². The first-order valence-corrected chi connectivity index (χ1v) is 8.04. The Kier molecular flexibility index (Phi) is 5.87. The van der Waals surface area contributed by atoms with Crippen LogP contribution < -0.4 is 4.74 Å². The lowest BCUT2D eigenvalue weighted by Gasteiger charge is -2.20. The second-order valence-corrected chi connectivity index (χ2v) is 6.22. The molecule has 0 saturated heterocycles. The Morgan fingerprint density at radius 3 is 2.32 bits per heavy atom. The molecule has 0 amide bonds. The molecule has 0 unspecified atom stereocenters. The number of ether oxygens (including phenoxy) is 2. The Balaban J connectivity index is 2.37. The number of nitrogens with zero attached hydrogens (tertiary/aromatic N) is 2. The van der Waals surface area contributed by atoms with Gasteiger partial charge in [-0.1, -0.05) is 24.3 Å². The molecule has 0 radical (unpaired) electrons. The standard InChI is InChI=1S/C20H16N2O6/c1-20(2)16(14(9-21)18(28-20)15(10-22)19(25)26)8-5-12-3-6-13(7-4-12)27-11-17(23)24/h3-8H,11H2,1-2H3,(H,23,24)(H,25,26)/b8-5+,18-15+. The van der Waals surface area contributed by atoms with Crippen molar-refractivity contribution in [1.29, 1.82) is 10.5 Å². The first-order chi connectivity index (χ1) is 13.2. The number of carbonyl (C=O) groups is 2. The third-order valence-corrected chi connectivity index (χ3v) is 3.85. The van der Waals surface area contributed by atoms with Crippen LogP contribution in [0.5, 0.6) is 5.75 Å². The van der Waals surface area contributed by atoms with Gasteiger partial charge in [0.1, 0.15) is 29.1 Å². The minimum absolute atomic E-state index is 0.0124. The molecule has 0 spiro atoms. The third-order valence-electron chi connectivity index (χ3n) is 3.85. The molecule has 0 saturated carbocycles. The van der Waals surface area contributed by atoms with E-state index in [9.17, 15) is 14.9 Å². The van der Waals surface area contributed by atoms with E-state index in [0.717, 1.165) is 5.56 Å². The quantitative estimate of drug-likeness (QED) is 0.567. The predicted molar refractivity (Wildman–Crippen MR) is 96.7 cm³/mol. The summed E-state index contributed by atoms with van der Waals surface area (Å²) < 4.78 is 10.6. The summed E-state index contributed by atoms with van der Waals surface area (Å²) in [6.07, 6.45) is 3.31. The Morgan fingerprint density at radius 2 is 1.82 bits per heavy atom. The normalized spacial score (nSPS) is 16.9. The third kappa shape index (κ3) is 4.37. The van der Waals surface area contributed by atoms with E-state index in [-0.39, 0.29) is 11.3 Å². The fourth-order valence-corrected chi connectivity index (χ4v) is 2.55. The van der Waals surface area contributed by atoms with Crippen molar-refractivity contribution in [2.24, 2.45) is 0 Å². The van der Waals surface area contributed by atoms with Crippen LogP contribution in [0.4, 0.5) is 0 Å². The van der Waals surface area contributed by atoms with E-state index in [1.165, 1.54) is 0 Å². The first kappa shape index (κ1) is 20.3. The van der Waals surface area contributed by atoms with E-state index in [1.54, 1.807) is 56.3 Å². The fourth-order valence-electron chi connectivity index (χ4n) is 2.55. The van der Waals surface area contributed by atoms with Gasteiger partial charge in [0.2, 0.25) is 0 Å². The van der Waals surface area contributed by atoms with Gasteiger partial charge in [-0.25, -0.2) is 9.59 Å². The second-order valence-electron chi connectivity index (χ2n) is 6.22. The summed E-state index contributed by atoms with van der Waals surface area (Å²) in [5, 5.41) is 36.3. The highest BCUT2D eigenvalue weighted by Gasteiger charge is 2.39. The Hall–Kier alpha value is -4.04. The van der Waals surface area contributed by atoms with Crippen LogP contribution in [0.1, 0.15) is 19.4 Å². The molecule has 0 bridgehead atoms. The molecular weight excluding hydrogens is 364 g/mol. The van der Waals surface area contributed by atoms with Crippen LogP contribution in [0.25, 0.3) is 6.08 Å².